The normalized spacial score (nSPS) is 16.8. The van der Waals surface area contributed by atoms with Gasteiger partial charge in [0.1, 0.15) is 30.5 Å². The van der Waals surface area contributed by atoms with Gasteiger partial charge in [0.25, 0.3) is 5.91 Å². The van der Waals surface area contributed by atoms with Crippen LogP contribution in [0.15, 0.2) is 60.0 Å². The molecule has 1 aliphatic carbocycles. The van der Waals surface area contributed by atoms with Crippen molar-refractivity contribution >= 4 is 23.2 Å². The molecule has 1 aromatic heterocycles. The van der Waals surface area contributed by atoms with Gasteiger partial charge in [-0.1, -0.05) is 12.1 Å². The Bertz CT molecular complexity index is 1240. The van der Waals surface area contributed by atoms with Gasteiger partial charge in [0, 0.05) is 29.6 Å². The Kier molecular flexibility index (Phi) is 7.23. The van der Waals surface area contributed by atoms with E-state index in [1.807, 2.05) is 16.3 Å². The molecule has 0 spiro atoms. The number of nitrogens with zero attached hydrogens (tertiary/aromatic N) is 2. The Morgan fingerprint density at radius 2 is 1.92 bits per heavy atom. The van der Waals surface area contributed by atoms with Crippen molar-refractivity contribution in [1.82, 2.24) is 9.80 Å². The SMILES string of the molecule is COc1cccc(C(=O)N(CC(=O)N2CCc3sccc3C2COc2cccc(F)c2)CC2CC2)c1. The number of carbonyl (C=O) groups is 2. The van der Waals surface area contributed by atoms with Crippen LogP contribution in [0, 0.1) is 11.7 Å². The third-order valence-electron chi connectivity index (χ3n) is 6.72. The van der Waals surface area contributed by atoms with Crippen LogP contribution in [0.3, 0.4) is 0 Å². The third kappa shape index (κ3) is 5.54. The number of ether oxygens (including phenoxy) is 2. The summed E-state index contributed by atoms with van der Waals surface area (Å²) >= 11 is 1.67. The molecule has 1 atom stereocenters. The first-order chi connectivity index (χ1) is 17.5. The quantitative estimate of drug-likeness (QED) is 0.410. The predicted octanol–water partition coefficient (Wildman–Crippen LogP) is 4.95. The van der Waals surface area contributed by atoms with Gasteiger partial charge in [0.2, 0.25) is 5.91 Å². The van der Waals surface area contributed by atoms with Crippen LogP contribution >= 0.6 is 11.3 Å². The zero-order valence-corrected chi connectivity index (χ0v) is 21.0. The van der Waals surface area contributed by atoms with Crippen LogP contribution in [0.25, 0.3) is 0 Å². The highest BCUT2D eigenvalue weighted by Gasteiger charge is 2.35. The van der Waals surface area contributed by atoms with Gasteiger partial charge in [-0.3, -0.25) is 9.59 Å². The van der Waals surface area contributed by atoms with Gasteiger partial charge in [-0.15, -0.1) is 11.3 Å². The Morgan fingerprint density at radius 3 is 2.69 bits per heavy atom. The Morgan fingerprint density at radius 1 is 1.11 bits per heavy atom. The van der Waals surface area contributed by atoms with Crippen molar-refractivity contribution in [2.45, 2.75) is 25.3 Å². The number of methoxy groups -OCH3 is 1. The number of halogens is 1. The maximum absolute atomic E-state index is 13.7. The van der Waals surface area contributed by atoms with Gasteiger partial charge >= 0.3 is 0 Å². The van der Waals surface area contributed by atoms with Crippen LogP contribution in [0.1, 0.15) is 39.7 Å². The highest BCUT2D eigenvalue weighted by atomic mass is 32.1. The van der Waals surface area contributed by atoms with Crippen LogP contribution in [0.5, 0.6) is 11.5 Å². The molecule has 2 heterocycles. The summed E-state index contributed by atoms with van der Waals surface area (Å²) in [6, 6.07) is 14.8. The number of carbonyl (C=O) groups excluding carboxylic acids is 2. The van der Waals surface area contributed by atoms with Crippen molar-refractivity contribution < 1.29 is 23.5 Å². The molecule has 0 bridgehead atoms. The lowest BCUT2D eigenvalue weighted by Crippen LogP contribution is -2.48. The third-order valence-corrected chi connectivity index (χ3v) is 7.72. The summed E-state index contributed by atoms with van der Waals surface area (Å²) in [5, 5.41) is 2.03. The number of rotatable bonds is 9. The van der Waals surface area contributed by atoms with E-state index < -0.39 is 0 Å². The smallest absolute Gasteiger partial charge is 0.254 e. The molecule has 1 fully saturated rings. The Hall–Kier alpha value is -3.39. The summed E-state index contributed by atoms with van der Waals surface area (Å²) in [6.45, 7) is 1.33. The number of amides is 2. The molecular formula is C28H29FN2O4S. The molecule has 2 aromatic carbocycles. The van der Waals surface area contributed by atoms with E-state index in [1.165, 1.54) is 17.0 Å². The highest BCUT2D eigenvalue weighted by molar-refractivity contribution is 7.10. The fraction of sp³-hybridized carbons (Fsp3) is 0.357. The minimum atomic E-state index is -0.368. The van der Waals surface area contributed by atoms with E-state index >= 15 is 0 Å². The lowest BCUT2D eigenvalue weighted by molar-refractivity contribution is -0.135. The summed E-state index contributed by atoms with van der Waals surface area (Å²) in [6.07, 6.45) is 2.91. The molecule has 1 saturated carbocycles. The molecule has 2 aliphatic rings. The topological polar surface area (TPSA) is 59.1 Å². The summed E-state index contributed by atoms with van der Waals surface area (Å²) in [5.74, 6) is 0.811. The van der Waals surface area contributed by atoms with Crippen LogP contribution in [0.2, 0.25) is 0 Å². The summed E-state index contributed by atoms with van der Waals surface area (Å²) < 4.78 is 24.9. The molecule has 5 rings (SSSR count). The average molecular weight is 509 g/mol. The van der Waals surface area contributed by atoms with Crippen LogP contribution in [0.4, 0.5) is 4.39 Å². The summed E-state index contributed by atoms with van der Waals surface area (Å²) in [7, 11) is 1.57. The fourth-order valence-electron chi connectivity index (χ4n) is 4.63. The first-order valence-electron chi connectivity index (χ1n) is 12.2. The first kappa shape index (κ1) is 24.3. The molecule has 6 nitrogen and oxygen atoms in total. The molecule has 8 heteroatoms. The standard InChI is InChI=1S/C28H29FN2O4S/c1-34-22-6-2-4-20(14-22)28(33)30(16-19-8-9-19)17-27(32)31-12-10-26-24(11-13-36-26)25(31)18-35-23-7-3-5-21(29)15-23/h2-7,11,13-15,19,25H,8-10,12,16-18H2,1H3. The molecule has 0 N–H and O–H groups in total. The van der Waals surface area contributed by atoms with E-state index in [-0.39, 0.29) is 36.8 Å². The lowest BCUT2D eigenvalue weighted by Gasteiger charge is -2.37. The molecule has 3 aromatic rings. The molecule has 2 amide bonds. The summed E-state index contributed by atoms with van der Waals surface area (Å²) in [5.41, 5.74) is 1.57. The monoisotopic (exact) mass is 508 g/mol. The van der Waals surface area contributed by atoms with Crippen LogP contribution < -0.4 is 9.47 Å². The van der Waals surface area contributed by atoms with E-state index in [0.29, 0.717) is 36.1 Å². The number of hydrogen-bond donors (Lipinski definition) is 0. The van der Waals surface area contributed by atoms with Crippen molar-refractivity contribution in [3.63, 3.8) is 0 Å². The van der Waals surface area contributed by atoms with Crippen LogP contribution in [-0.2, 0) is 11.2 Å². The number of hydrogen-bond acceptors (Lipinski definition) is 5. The Labute approximate surface area is 214 Å². The van der Waals surface area contributed by atoms with Gasteiger partial charge in [0.05, 0.1) is 13.2 Å². The number of thiophene rings is 1. The van der Waals surface area contributed by atoms with Crippen molar-refractivity contribution in [2.75, 3.05) is 33.4 Å². The molecule has 0 radical (unpaired) electrons. The maximum Gasteiger partial charge on any atom is 0.254 e. The van der Waals surface area contributed by atoms with Crippen molar-refractivity contribution in [1.29, 1.82) is 0 Å². The molecule has 36 heavy (non-hydrogen) atoms. The van der Waals surface area contributed by atoms with Gasteiger partial charge in [-0.2, -0.15) is 0 Å². The molecule has 1 aliphatic heterocycles. The number of fused-ring (bicyclic) bond motifs is 1. The van der Waals surface area contributed by atoms with Crippen molar-refractivity contribution in [3.05, 3.63) is 81.8 Å². The van der Waals surface area contributed by atoms with E-state index in [0.717, 1.165) is 24.8 Å². The minimum absolute atomic E-state index is 0.00246. The van der Waals surface area contributed by atoms with E-state index in [4.69, 9.17) is 9.47 Å². The van der Waals surface area contributed by atoms with Crippen LogP contribution in [-0.4, -0.2) is 55.0 Å². The predicted molar refractivity (Wildman–Crippen MR) is 136 cm³/mol. The molecular weight excluding hydrogens is 479 g/mol. The van der Waals surface area contributed by atoms with E-state index in [1.54, 1.807) is 59.7 Å². The second-order valence-electron chi connectivity index (χ2n) is 9.28. The molecule has 1 unspecified atom stereocenters. The average Bonchev–Trinajstić information content (AvgIpc) is 3.58. The zero-order valence-electron chi connectivity index (χ0n) is 20.2. The maximum atomic E-state index is 13.7. The fourth-order valence-corrected chi connectivity index (χ4v) is 5.56. The van der Waals surface area contributed by atoms with Gasteiger partial charge in [0.15, 0.2) is 0 Å². The highest BCUT2D eigenvalue weighted by Crippen LogP contribution is 2.35. The van der Waals surface area contributed by atoms with Gasteiger partial charge in [-0.05, 0) is 72.5 Å². The molecule has 0 saturated heterocycles. The van der Waals surface area contributed by atoms with E-state index in [2.05, 4.69) is 0 Å². The van der Waals surface area contributed by atoms with Crippen molar-refractivity contribution in [3.8, 4) is 11.5 Å². The largest absolute Gasteiger partial charge is 0.497 e. The second kappa shape index (κ2) is 10.7. The van der Waals surface area contributed by atoms with E-state index in [9.17, 15) is 14.0 Å². The lowest BCUT2D eigenvalue weighted by atomic mass is 10.00. The van der Waals surface area contributed by atoms with Crippen molar-refractivity contribution in [2.24, 2.45) is 5.92 Å². The zero-order chi connectivity index (χ0) is 25.1. The molecule has 188 valence electrons. The minimum Gasteiger partial charge on any atom is -0.497 e. The second-order valence-corrected chi connectivity index (χ2v) is 10.3. The first-order valence-corrected chi connectivity index (χ1v) is 13.1. The van der Waals surface area contributed by atoms with Gasteiger partial charge in [-0.25, -0.2) is 4.39 Å². The van der Waals surface area contributed by atoms with Gasteiger partial charge < -0.3 is 19.3 Å². The Balaban J connectivity index is 1.34. The summed E-state index contributed by atoms with van der Waals surface area (Å²) in [4.78, 5) is 31.8. The number of benzene rings is 2.